The molecule has 0 aromatic heterocycles. The van der Waals surface area contributed by atoms with Crippen LogP contribution in [0.5, 0.6) is 11.5 Å². The standard InChI is InChI=1S/C21H16N2O3/c1-26-20-10-9-14(12-19(20)24)11-16(13-22)21(25)23-18-8-4-6-15-5-2-3-7-17(15)18/h2-12,24H,1H3,(H,23,25)/b16-11+. The molecule has 26 heavy (non-hydrogen) atoms. The van der Waals surface area contributed by atoms with Gasteiger partial charge in [0.15, 0.2) is 11.5 Å². The maximum absolute atomic E-state index is 12.5. The average Bonchev–Trinajstić information content (AvgIpc) is 2.66. The van der Waals surface area contributed by atoms with Gasteiger partial charge < -0.3 is 15.2 Å². The molecule has 0 bridgehead atoms. The molecule has 0 saturated carbocycles. The van der Waals surface area contributed by atoms with Crippen LogP contribution in [0.25, 0.3) is 16.8 Å². The number of ether oxygens (including phenoxy) is 1. The Hall–Kier alpha value is -3.78. The monoisotopic (exact) mass is 344 g/mol. The number of nitrogens with zero attached hydrogens (tertiary/aromatic N) is 1. The number of phenols is 1. The van der Waals surface area contributed by atoms with Gasteiger partial charge in [0.2, 0.25) is 0 Å². The zero-order chi connectivity index (χ0) is 18.5. The summed E-state index contributed by atoms with van der Waals surface area (Å²) in [6.07, 6.45) is 1.42. The number of amides is 1. The summed E-state index contributed by atoms with van der Waals surface area (Å²) in [5.41, 5.74) is 1.09. The summed E-state index contributed by atoms with van der Waals surface area (Å²) < 4.78 is 4.98. The second-order valence-electron chi connectivity index (χ2n) is 5.58. The largest absolute Gasteiger partial charge is 0.504 e. The maximum Gasteiger partial charge on any atom is 0.266 e. The number of phenolic OH excluding ortho intramolecular Hbond substituents is 1. The first-order chi connectivity index (χ1) is 12.6. The van der Waals surface area contributed by atoms with Gasteiger partial charge in [0.25, 0.3) is 5.91 Å². The molecule has 0 fully saturated rings. The van der Waals surface area contributed by atoms with E-state index in [4.69, 9.17) is 4.74 Å². The molecule has 0 unspecified atom stereocenters. The van der Waals surface area contributed by atoms with Crippen LogP contribution in [-0.2, 0) is 4.79 Å². The van der Waals surface area contributed by atoms with Gasteiger partial charge in [0.05, 0.1) is 7.11 Å². The lowest BCUT2D eigenvalue weighted by Gasteiger charge is -2.08. The van der Waals surface area contributed by atoms with Gasteiger partial charge in [0, 0.05) is 11.1 Å². The maximum atomic E-state index is 12.5. The number of carbonyl (C=O) groups excluding carboxylic acids is 1. The molecule has 5 heteroatoms. The zero-order valence-corrected chi connectivity index (χ0v) is 14.1. The molecule has 0 heterocycles. The van der Waals surface area contributed by atoms with Gasteiger partial charge in [0.1, 0.15) is 11.6 Å². The van der Waals surface area contributed by atoms with Gasteiger partial charge in [-0.15, -0.1) is 0 Å². The van der Waals surface area contributed by atoms with Crippen LogP contribution in [-0.4, -0.2) is 18.1 Å². The summed E-state index contributed by atoms with van der Waals surface area (Å²) in [5.74, 6) is -0.256. The fraction of sp³-hybridized carbons (Fsp3) is 0.0476. The van der Waals surface area contributed by atoms with E-state index >= 15 is 0 Å². The Morgan fingerprint density at radius 1 is 1.15 bits per heavy atom. The van der Waals surface area contributed by atoms with E-state index in [9.17, 15) is 15.2 Å². The second-order valence-corrected chi connectivity index (χ2v) is 5.58. The summed E-state index contributed by atoms with van der Waals surface area (Å²) in [6, 6.07) is 19.8. The number of anilines is 1. The fourth-order valence-electron chi connectivity index (χ4n) is 2.64. The number of methoxy groups -OCH3 is 1. The van der Waals surface area contributed by atoms with E-state index in [1.807, 2.05) is 42.5 Å². The van der Waals surface area contributed by atoms with E-state index in [2.05, 4.69) is 5.32 Å². The van der Waals surface area contributed by atoms with Crippen LogP contribution in [0.3, 0.4) is 0 Å². The van der Waals surface area contributed by atoms with Crippen molar-refractivity contribution in [3.63, 3.8) is 0 Å². The van der Waals surface area contributed by atoms with Gasteiger partial charge >= 0.3 is 0 Å². The average molecular weight is 344 g/mol. The Morgan fingerprint density at radius 3 is 2.65 bits per heavy atom. The molecule has 3 aromatic rings. The highest BCUT2D eigenvalue weighted by atomic mass is 16.5. The minimum Gasteiger partial charge on any atom is -0.504 e. The summed E-state index contributed by atoms with van der Waals surface area (Å²) >= 11 is 0. The third-order valence-electron chi connectivity index (χ3n) is 3.92. The number of carbonyl (C=O) groups is 1. The predicted molar refractivity (Wildman–Crippen MR) is 101 cm³/mol. The SMILES string of the molecule is COc1ccc(/C=C(\C#N)C(=O)Nc2cccc3ccccc23)cc1O. The Bertz CT molecular complexity index is 1040. The summed E-state index contributed by atoms with van der Waals surface area (Å²) in [4.78, 5) is 12.5. The first-order valence-electron chi connectivity index (χ1n) is 7.90. The van der Waals surface area contributed by atoms with Crippen molar-refractivity contribution in [1.29, 1.82) is 5.26 Å². The molecule has 0 aliphatic rings. The molecule has 3 rings (SSSR count). The van der Waals surface area contributed by atoms with Crippen molar-refractivity contribution in [1.82, 2.24) is 0 Å². The summed E-state index contributed by atoms with van der Waals surface area (Å²) in [5, 5.41) is 23.8. The smallest absolute Gasteiger partial charge is 0.266 e. The molecule has 0 aliphatic heterocycles. The first-order valence-corrected chi connectivity index (χ1v) is 7.90. The highest BCUT2D eigenvalue weighted by molar-refractivity contribution is 6.12. The number of nitrogens with one attached hydrogen (secondary N) is 1. The molecule has 5 nitrogen and oxygen atoms in total. The van der Waals surface area contributed by atoms with E-state index < -0.39 is 5.91 Å². The predicted octanol–water partition coefficient (Wildman–Crippen LogP) is 4.10. The molecule has 0 atom stereocenters. The van der Waals surface area contributed by atoms with Gasteiger partial charge in [-0.3, -0.25) is 4.79 Å². The number of rotatable bonds is 4. The molecule has 128 valence electrons. The highest BCUT2D eigenvalue weighted by Gasteiger charge is 2.12. The highest BCUT2D eigenvalue weighted by Crippen LogP contribution is 2.27. The summed E-state index contributed by atoms with van der Waals surface area (Å²) in [6.45, 7) is 0. The van der Waals surface area contributed by atoms with Crippen LogP contribution < -0.4 is 10.1 Å². The zero-order valence-electron chi connectivity index (χ0n) is 14.1. The Balaban J connectivity index is 1.89. The molecule has 3 aromatic carbocycles. The van der Waals surface area contributed by atoms with Gasteiger partial charge in [-0.2, -0.15) is 5.26 Å². The van der Waals surface area contributed by atoms with Crippen molar-refractivity contribution in [3.8, 4) is 17.6 Å². The molecule has 0 saturated heterocycles. The van der Waals surface area contributed by atoms with Gasteiger partial charge in [-0.25, -0.2) is 0 Å². The second kappa shape index (κ2) is 7.41. The van der Waals surface area contributed by atoms with E-state index in [1.165, 1.54) is 19.3 Å². The molecule has 0 radical (unpaired) electrons. The number of hydrogen-bond donors (Lipinski definition) is 2. The van der Waals surface area contributed by atoms with Crippen LogP contribution in [0.15, 0.2) is 66.2 Å². The van der Waals surface area contributed by atoms with Gasteiger partial charge in [-0.1, -0.05) is 42.5 Å². The van der Waals surface area contributed by atoms with Crippen LogP contribution in [0, 0.1) is 11.3 Å². The van der Waals surface area contributed by atoms with E-state index in [1.54, 1.807) is 18.2 Å². The lowest BCUT2D eigenvalue weighted by Crippen LogP contribution is -2.13. The number of fused-ring (bicyclic) bond motifs is 1. The van der Waals surface area contributed by atoms with Crippen molar-refractivity contribution in [2.45, 2.75) is 0 Å². The Kier molecular flexibility index (Phi) is 4.86. The van der Waals surface area contributed by atoms with Crippen molar-refractivity contribution in [2.24, 2.45) is 0 Å². The fourth-order valence-corrected chi connectivity index (χ4v) is 2.64. The Morgan fingerprint density at radius 2 is 1.92 bits per heavy atom. The number of aromatic hydroxyl groups is 1. The van der Waals surface area contributed by atoms with Crippen LogP contribution in [0.2, 0.25) is 0 Å². The normalized spacial score (nSPS) is 11.0. The number of benzene rings is 3. The number of hydrogen-bond acceptors (Lipinski definition) is 4. The van der Waals surface area contributed by atoms with Crippen molar-refractivity contribution in [2.75, 3.05) is 12.4 Å². The molecule has 2 N–H and O–H groups in total. The minimum absolute atomic E-state index is 0.0620. The van der Waals surface area contributed by atoms with Crippen molar-refractivity contribution >= 4 is 28.4 Å². The van der Waals surface area contributed by atoms with E-state index in [0.29, 0.717) is 17.0 Å². The molecule has 0 aliphatic carbocycles. The van der Waals surface area contributed by atoms with Crippen LogP contribution >= 0.6 is 0 Å². The lowest BCUT2D eigenvalue weighted by atomic mass is 10.1. The topological polar surface area (TPSA) is 82.3 Å². The quantitative estimate of drug-likeness (QED) is 0.551. The first kappa shape index (κ1) is 17.1. The molecule has 1 amide bonds. The van der Waals surface area contributed by atoms with Crippen molar-refractivity contribution < 1.29 is 14.6 Å². The number of nitriles is 1. The Labute approximate surface area is 150 Å². The van der Waals surface area contributed by atoms with Gasteiger partial charge in [-0.05, 0) is 35.2 Å². The van der Waals surface area contributed by atoms with Crippen LogP contribution in [0.4, 0.5) is 5.69 Å². The van der Waals surface area contributed by atoms with Crippen molar-refractivity contribution in [3.05, 3.63) is 71.8 Å². The molecular formula is C21H16N2O3. The molecular weight excluding hydrogens is 328 g/mol. The van der Waals surface area contributed by atoms with E-state index in [-0.39, 0.29) is 11.3 Å². The van der Waals surface area contributed by atoms with E-state index in [0.717, 1.165) is 10.8 Å². The third kappa shape index (κ3) is 3.50. The van der Waals surface area contributed by atoms with Crippen LogP contribution in [0.1, 0.15) is 5.56 Å². The minimum atomic E-state index is -0.515. The lowest BCUT2D eigenvalue weighted by molar-refractivity contribution is -0.112. The summed E-state index contributed by atoms with van der Waals surface area (Å²) in [7, 11) is 1.45. The third-order valence-corrected chi connectivity index (χ3v) is 3.92. The molecule has 0 spiro atoms.